The van der Waals surface area contributed by atoms with Gasteiger partial charge < -0.3 is 20.8 Å². The van der Waals surface area contributed by atoms with Gasteiger partial charge in [-0.3, -0.25) is 9.59 Å². The maximum absolute atomic E-state index is 12.4. The maximum Gasteiger partial charge on any atom is 0.306 e. The minimum absolute atomic E-state index is 0.145. The van der Waals surface area contributed by atoms with Gasteiger partial charge in [-0.1, -0.05) is 40.5 Å². The van der Waals surface area contributed by atoms with E-state index in [1.807, 2.05) is 27.7 Å². The van der Waals surface area contributed by atoms with Gasteiger partial charge in [0.15, 0.2) is 0 Å². The molecule has 0 saturated carbocycles. The molecule has 0 spiro atoms. The summed E-state index contributed by atoms with van der Waals surface area (Å²) >= 11 is 0. The Morgan fingerprint density at radius 2 is 2.13 bits per heavy atom. The van der Waals surface area contributed by atoms with E-state index < -0.39 is 5.91 Å². The molecule has 2 aliphatic rings. The molecule has 1 aromatic carbocycles. The second-order valence-corrected chi connectivity index (χ2v) is 10.7. The first kappa shape index (κ1) is 21.5. The van der Waals surface area contributed by atoms with Gasteiger partial charge in [0.05, 0.1) is 11.1 Å². The number of hydrogen-bond acceptors (Lipinski definition) is 7. The number of para-hydroxylation sites is 1. The quantitative estimate of drug-likeness (QED) is 0.305. The Morgan fingerprint density at radius 1 is 1.23 bits per heavy atom. The third-order valence-corrected chi connectivity index (χ3v) is 8.68. The van der Waals surface area contributed by atoms with E-state index in [0.717, 1.165) is 36.6 Å². The highest BCUT2D eigenvalue weighted by atomic mass is 33.1. The average Bonchev–Trinajstić information content (AvgIpc) is 3.47. The Balaban J connectivity index is 1.29. The molecule has 1 amide bonds. The van der Waals surface area contributed by atoms with E-state index in [1.54, 1.807) is 12.1 Å². The highest BCUT2D eigenvalue weighted by Gasteiger charge is 2.33. The van der Waals surface area contributed by atoms with Crippen molar-refractivity contribution in [1.29, 1.82) is 0 Å². The van der Waals surface area contributed by atoms with Gasteiger partial charge in [-0.15, -0.1) is 0 Å². The van der Waals surface area contributed by atoms with Crippen LogP contribution in [-0.4, -0.2) is 45.5 Å². The molecule has 3 atom stereocenters. The molecular weight excluding hydrogens is 420 g/mol. The number of rotatable bonds is 9. The molecule has 1 aromatic heterocycles. The number of aromatic nitrogens is 2. The summed E-state index contributed by atoms with van der Waals surface area (Å²) in [5, 5.41) is 4.15. The van der Waals surface area contributed by atoms with E-state index in [2.05, 4.69) is 15.3 Å². The van der Waals surface area contributed by atoms with Gasteiger partial charge in [-0.05, 0) is 44.4 Å². The van der Waals surface area contributed by atoms with Crippen LogP contribution in [0.15, 0.2) is 18.2 Å². The summed E-state index contributed by atoms with van der Waals surface area (Å²) in [7, 11) is 3.99. The molecule has 7 nitrogen and oxygen atoms in total. The van der Waals surface area contributed by atoms with Gasteiger partial charge in [0.1, 0.15) is 23.5 Å². The lowest BCUT2D eigenvalue weighted by molar-refractivity contribution is -0.149. The number of H-pyrrole nitrogens is 1. The van der Waals surface area contributed by atoms with Crippen LogP contribution in [0.2, 0.25) is 0 Å². The molecule has 2 aromatic rings. The molecule has 0 radical (unpaired) electrons. The molecule has 9 heteroatoms. The van der Waals surface area contributed by atoms with E-state index in [1.165, 1.54) is 25.0 Å². The zero-order chi connectivity index (χ0) is 20.9. The number of carbonyl (C=O) groups is 2. The fraction of sp³-hybridized carbons (Fsp3) is 0.571. The topological polar surface area (TPSA) is 110 Å². The lowest BCUT2D eigenvalue weighted by Gasteiger charge is -2.18. The second-order valence-electron chi connectivity index (χ2n) is 7.87. The predicted molar refractivity (Wildman–Crippen MR) is 121 cm³/mol. The van der Waals surface area contributed by atoms with Crippen molar-refractivity contribution in [3.05, 3.63) is 29.6 Å². The van der Waals surface area contributed by atoms with Crippen molar-refractivity contribution in [3.63, 3.8) is 0 Å². The Kier molecular flexibility index (Phi) is 7.22. The third-order valence-electron chi connectivity index (χ3n) is 5.67. The monoisotopic (exact) mass is 448 g/mol. The van der Waals surface area contributed by atoms with E-state index in [0.29, 0.717) is 23.3 Å². The molecule has 3 unspecified atom stereocenters. The largest absolute Gasteiger partial charge is 0.460 e. The maximum atomic E-state index is 12.4. The molecule has 2 saturated heterocycles. The molecule has 2 aliphatic heterocycles. The van der Waals surface area contributed by atoms with Gasteiger partial charge in [0.25, 0.3) is 5.91 Å². The Morgan fingerprint density at radius 3 is 2.93 bits per heavy atom. The molecule has 4 N–H and O–H groups in total. The molecular formula is C21H28N4O3S2. The summed E-state index contributed by atoms with van der Waals surface area (Å²) in [6.45, 7) is 0.749. The van der Waals surface area contributed by atoms with E-state index in [9.17, 15) is 9.59 Å². The Bertz CT molecular complexity index is 898. The molecule has 3 heterocycles. The molecule has 0 aliphatic carbocycles. The van der Waals surface area contributed by atoms with E-state index in [4.69, 9.17) is 10.5 Å². The minimum atomic E-state index is -0.508. The van der Waals surface area contributed by atoms with Crippen molar-refractivity contribution in [1.82, 2.24) is 15.3 Å². The minimum Gasteiger partial charge on any atom is -0.460 e. The molecule has 30 heavy (non-hydrogen) atoms. The number of primary amides is 1. The van der Waals surface area contributed by atoms with Gasteiger partial charge >= 0.3 is 5.97 Å². The zero-order valence-electron chi connectivity index (χ0n) is 16.9. The van der Waals surface area contributed by atoms with Crippen molar-refractivity contribution >= 4 is 44.5 Å². The third kappa shape index (κ3) is 5.12. The van der Waals surface area contributed by atoms with E-state index in [-0.39, 0.29) is 18.1 Å². The number of imidazole rings is 1. The number of amides is 1. The van der Waals surface area contributed by atoms with Crippen LogP contribution in [0.4, 0.5) is 0 Å². The number of esters is 1. The van der Waals surface area contributed by atoms with Crippen LogP contribution in [0, 0.1) is 0 Å². The fourth-order valence-electron chi connectivity index (χ4n) is 4.09. The molecule has 0 bridgehead atoms. The summed E-state index contributed by atoms with van der Waals surface area (Å²) in [6.07, 6.45) is 6.64. The predicted octanol–water partition coefficient (Wildman–Crippen LogP) is 3.71. The number of carbonyl (C=O) groups excluding carboxylic acids is 2. The van der Waals surface area contributed by atoms with Gasteiger partial charge in [-0.25, -0.2) is 4.98 Å². The molecule has 4 rings (SSSR count). The number of nitrogens with zero attached hydrogens (tertiary/aromatic N) is 1. The number of hydrogen-bond donors (Lipinski definition) is 3. The van der Waals surface area contributed by atoms with Crippen LogP contribution in [0.25, 0.3) is 11.0 Å². The van der Waals surface area contributed by atoms with E-state index >= 15 is 0 Å². The van der Waals surface area contributed by atoms with Crippen LogP contribution >= 0.6 is 21.6 Å². The fourth-order valence-corrected chi connectivity index (χ4v) is 7.11. The summed E-state index contributed by atoms with van der Waals surface area (Å²) in [5.74, 6) is 1.29. The smallest absolute Gasteiger partial charge is 0.306 e. The number of nitrogens with two attached hydrogens (primary N) is 1. The number of aromatic amines is 1. The van der Waals surface area contributed by atoms with Crippen molar-refractivity contribution in [2.45, 2.75) is 62.3 Å². The Labute approximate surface area is 184 Å². The van der Waals surface area contributed by atoms with Crippen LogP contribution in [0.1, 0.15) is 67.2 Å². The lowest BCUT2D eigenvalue weighted by atomic mass is 10.1. The Hall–Kier alpha value is -1.71. The van der Waals surface area contributed by atoms with Gasteiger partial charge in [0.2, 0.25) is 0 Å². The van der Waals surface area contributed by atoms with Crippen LogP contribution in [0.3, 0.4) is 0 Å². The van der Waals surface area contributed by atoms with Gasteiger partial charge in [-0.2, -0.15) is 0 Å². The van der Waals surface area contributed by atoms with Crippen LogP contribution < -0.4 is 11.1 Å². The first-order valence-electron chi connectivity index (χ1n) is 10.6. The van der Waals surface area contributed by atoms with Crippen LogP contribution in [0.5, 0.6) is 0 Å². The summed E-state index contributed by atoms with van der Waals surface area (Å²) in [5.41, 5.74) is 7.15. The standard InChI is InChI=1S/C21H28N4O3S2/c22-20(27)14-6-4-7-15-18(14)25-21(24-15)19-16(9-11-23-19)28-17(26)8-3-1-2-5-13-10-12-29-30-13/h4,6-7,13,16,19,23H,1-3,5,8-12H2,(H2,22,27)(H,24,25). The first-order chi connectivity index (χ1) is 14.6. The number of nitrogens with one attached hydrogen (secondary N) is 2. The average molecular weight is 449 g/mol. The first-order valence-corrected chi connectivity index (χ1v) is 13.0. The summed E-state index contributed by atoms with van der Waals surface area (Å²) in [6, 6.07) is 5.09. The number of unbranched alkanes of at least 4 members (excludes halogenated alkanes) is 2. The van der Waals surface area contributed by atoms with Gasteiger partial charge in [0, 0.05) is 17.4 Å². The second kappa shape index (κ2) is 10.1. The SMILES string of the molecule is NC(=O)c1cccc2[nH]c(C3NCCC3OC(=O)CCCCCC3CCSS3)nc12. The normalized spacial score (nSPS) is 23.8. The number of fused-ring (bicyclic) bond motifs is 1. The van der Waals surface area contributed by atoms with Crippen molar-refractivity contribution < 1.29 is 14.3 Å². The highest BCUT2D eigenvalue weighted by Crippen LogP contribution is 2.40. The zero-order valence-corrected chi connectivity index (χ0v) is 18.5. The van der Waals surface area contributed by atoms with Crippen molar-refractivity contribution in [2.24, 2.45) is 5.73 Å². The number of benzene rings is 1. The molecule has 2 fully saturated rings. The number of ether oxygens (including phenoxy) is 1. The highest BCUT2D eigenvalue weighted by molar-refractivity contribution is 8.77. The van der Waals surface area contributed by atoms with Crippen molar-refractivity contribution in [2.75, 3.05) is 12.3 Å². The van der Waals surface area contributed by atoms with Crippen LogP contribution in [-0.2, 0) is 9.53 Å². The van der Waals surface area contributed by atoms with Crippen molar-refractivity contribution in [3.8, 4) is 0 Å². The summed E-state index contributed by atoms with van der Waals surface area (Å²) in [4.78, 5) is 31.8. The molecule has 162 valence electrons. The lowest BCUT2D eigenvalue weighted by Crippen LogP contribution is -2.27. The summed E-state index contributed by atoms with van der Waals surface area (Å²) < 4.78 is 5.77.